The topological polar surface area (TPSA) is 58.6 Å². The van der Waals surface area contributed by atoms with Crippen LogP contribution >= 0.6 is 0 Å². The van der Waals surface area contributed by atoms with Gasteiger partial charge in [0, 0.05) is 6.07 Å². The lowest BCUT2D eigenvalue weighted by Gasteiger charge is -2.11. The van der Waals surface area contributed by atoms with Crippen LogP contribution in [-0.2, 0) is 0 Å². The molecule has 0 fully saturated rings. The first-order chi connectivity index (χ1) is 9.52. The van der Waals surface area contributed by atoms with Gasteiger partial charge in [-0.05, 0) is 24.3 Å². The Bertz CT molecular complexity index is 639. The third kappa shape index (κ3) is 2.69. The molecule has 0 bridgehead atoms. The van der Waals surface area contributed by atoms with Crippen LogP contribution in [-0.4, -0.2) is 18.1 Å². The Balaban J connectivity index is 2.33. The molecule has 0 aromatic heterocycles. The maximum absolute atomic E-state index is 13.5. The molecule has 4 nitrogen and oxygen atoms in total. The first-order valence-corrected chi connectivity index (χ1v) is 5.65. The van der Waals surface area contributed by atoms with E-state index in [1.54, 1.807) is 0 Å². The Hall–Kier alpha value is -2.63. The number of rotatable bonds is 3. The van der Waals surface area contributed by atoms with E-state index in [-0.39, 0.29) is 11.4 Å². The normalized spacial score (nSPS) is 10.2. The molecule has 0 saturated heterocycles. The van der Waals surface area contributed by atoms with E-state index in [0.717, 1.165) is 18.2 Å². The van der Waals surface area contributed by atoms with Crippen molar-refractivity contribution in [3.63, 3.8) is 0 Å². The van der Waals surface area contributed by atoms with Gasteiger partial charge >= 0.3 is 0 Å². The van der Waals surface area contributed by atoms with E-state index in [0.29, 0.717) is 0 Å². The molecule has 6 heteroatoms. The lowest BCUT2D eigenvalue weighted by Crippen LogP contribution is -2.14. The van der Waals surface area contributed by atoms with E-state index in [2.05, 4.69) is 5.32 Å². The number of halogens is 2. The van der Waals surface area contributed by atoms with Gasteiger partial charge in [0.1, 0.15) is 28.7 Å². The van der Waals surface area contributed by atoms with Crippen molar-refractivity contribution in [2.75, 3.05) is 12.4 Å². The van der Waals surface area contributed by atoms with Crippen LogP contribution < -0.4 is 10.1 Å². The number of methoxy groups -OCH3 is 1. The Labute approximate surface area is 113 Å². The quantitative estimate of drug-likeness (QED) is 0.908. The van der Waals surface area contributed by atoms with E-state index >= 15 is 0 Å². The van der Waals surface area contributed by atoms with E-state index in [1.807, 2.05) is 0 Å². The molecule has 0 aliphatic rings. The van der Waals surface area contributed by atoms with Crippen LogP contribution in [0.5, 0.6) is 11.5 Å². The van der Waals surface area contributed by atoms with Crippen LogP contribution in [0.15, 0.2) is 36.4 Å². The highest BCUT2D eigenvalue weighted by Gasteiger charge is 2.18. The highest BCUT2D eigenvalue weighted by Crippen LogP contribution is 2.27. The lowest BCUT2D eigenvalue weighted by molar-refractivity contribution is 0.102. The minimum Gasteiger partial charge on any atom is -0.507 e. The molecule has 104 valence electrons. The lowest BCUT2D eigenvalue weighted by atomic mass is 10.1. The molecular formula is C14H11F2NO3. The van der Waals surface area contributed by atoms with Crippen molar-refractivity contribution in [3.8, 4) is 11.5 Å². The maximum Gasteiger partial charge on any atom is 0.262 e. The number of phenols is 1. The van der Waals surface area contributed by atoms with E-state index < -0.39 is 28.9 Å². The zero-order valence-electron chi connectivity index (χ0n) is 10.5. The number of phenolic OH excluding ortho intramolecular Hbond substituents is 1. The highest BCUT2D eigenvalue weighted by molar-refractivity contribution is 6.07. The largest absolute Gasteiger partial charge is 0.507 e. The van der Waals surface area contributed by atoms with Gasteiger partial charge in [-0.15, -0.1) is 0 Å². The van der Waals surface area contributed by atoms with Crippen molar-refractivity contribution in [3.05, 3.63) is 53.6 Å². The molecule has 2 aromatic rings. The smallest absolute Gasteiger partial charge is 0.262 e. The third-order valence-corrected chi connectivity index (χ3v) is 2.63. The fourth-order valence-corrected chi connectivity index (χ4v) is 1.69. The van der Waals surface area contributed by atoms with Crippen molar-refractivity contribution in [2.24, 2.45) is 0 Å². The fourth-order valence-electron chi connectivity index (χ4n) is 1.69. The van der Waals surface area contributed by atoms with Gasteiger partial charge in [-0.2, -0.15) is 0 Å². The molecule has 0 heterocycles. The standard InChI is InChI=1S/C14H11F2NO3/c1-20-12-7-8(15)5-6-10(12)17-14(19)13-9(16)3-2-4-11(13)18/h2-7,18H,1H3,(H,17,19). The van der Waals surface area contributed by atoms with Crippen molar-refractivity contribution in [2.45, 2.75) is 0 Å². The van der Waals surface area contributed by atoms with Gasteiger partial charge in [-0.25, -0.2) is 8.78 Å². The second kappa shape index (κ2) is 5.56. The summed E-state index contributed by atoms with van der Waals surface area (Å²) in [4.78, 5) is 11.9. The molecule has 2 rings (SSSR count). The van der Waals surface area contributed by atoms with Crippen LogP contribution in [0.4, 0.5) is 14.5 Å². The number of anilines is 1. The second-order valence-corrected chi connectivity index (χ2v) is 3.93. The van der Waals surface area contributed by atoms with Gasteiger partial charge in [-0.3, -0.25) is 4.79 Å². The van der Waals surface area contributed by atoms with Crippen LogP contribution in [0.3, 0.4) is 0 Å². The molecule has 20 heavy (non-hydrogen) atoms. The summed E-state index contributed by atoms with van der Waals surface area (Å²) in [5, 5.41) is 11.9. The number of ether oxygens (including phenoxy) is 1. The minimum absolute atomic E-state index is 0.0918. The van der Waals surface area contributed by atoms with Gasteiger partial charge in [0.05, 0.1) is 12.8 Å². The molecule has 0 unspecified atom stereocenters. The van der Waals surface area contributed by atoms with Crippen molar-refractivity contribution >= 4 is 11.6 Å². The molecular weight excluding hydrogens is 268 g/mol. The highest BCUT2D eigenvalue weighted by atomic mass is 19.1. The fraction of sp³-hybridized carbons (Fsp3) is 0.0714. The monoisotopic (exact) mass is 279 g/mol. The number of nitrogens with one attached hydrogen (secondary N) is 1. The number of benzene rings is 2. The number of amides is 1. The van der Waals surface area contributed by atoms with Gasteiger partial charge in [0.25, 0.3) is 5.91 Å². The number of carbonyl (C=O) groups is 1. The van der Waals surface area contributed by atoms with Gasteiger partial charge in [0.2, 0.25) is 0 Å². The second-order valence-electron chi connectivity index (χ2n) is 3.93. The van der Waals surface area contributed by atoms with Crippen LogP contribution in [0.25, 0.3) is 0 Å². The van der Waals surface area contributed by atoms with Crippen molar-refractivity contribution in [1.29, 1.82) is 0 Å². The summed E-state index contributed by atoms with van der Waals surface area (Å²) in [7, 11) is 1.31. The summed E-state index contributed by atoms with van der Waals surface area (Å²) in [5.41, 5.74) is -0.319. The molecule has 1 amide bonds. The van der Waals surface area contributed by atoms with Crippen molar-refractivity contribution < 1.29 is 23.4 Å². The summed E-state index contributed by atoms with van der Waals surface area (Å²) in [6.45, 7) is 0. The van der Waals surface area contributed by atoms with Crippen LogP contribution in [0.2, 0.25) is 0 Å². The number of aromatic hydroxyl groups is 1. The third-order valence-electron chi connectivity index (χ3n) is 2.63. The zero-order chi connectivity index (χ0) is 14.7. The molecule has 2 N–H and O–H groups in total. The molecule has 0 atom stereocenters. The van der Waals surface area contributed by atoms with E-state index in [4.69, 9.17) is 4.74 Å². The summed E-state index contributed by atoms with van der Waals surface area (Å²) in [6.07, 6.45) is 0. The molecule has 0 aliphatic heterocycles. The van der Waals surface area contributed by atoms with E-state index in [9.17, 15) is 18.7 Å². The summed E-state index contributed by atoms with van der Waals surface area (Å²) in [6, 6.07) is 7.01. The predicted molar refractivity (Wildman–Crippen MR) is 69.0 cm³/mol. The molecule has 0 saturated carbocycles. The molecule has 0 aliphatic carbocycles. The summed E-state index contributed by atoms with van der Waals surface area (Å²) >= 11 is 0. The molecule has 0 radical (unpaired) electrons. The Morgan fingerprint density at radius 2 is 2.00 bits per heavy atom. The number of carbonyl (C=O) groups excluding carboxylic acids is 1. The van der Waals surface area contributed by atoms with Crippen LogP contribution in [0.1, 0.15) is 10.4 Å². The number of hydrogen-bond donors (Lipinski definition) is 2. The van der Waals surface area contributed by atoms with Gasteiger partial charge < -0.3 is 15.2 Å². The maximum atomic E-state index is 13.5. The molecule has 2 aromatic carbocycles. The summed E-state index contributed by atoms with van der Waals surface area (Å²) in [5.74, 6) is -2.64. The first kappa shape index (κ1) is 13.8. The average molecular weight is 279 g/mol. The molecule has 0 spiro atoms. The average Bonchev–Trinajstić information content (AvgIpc) is 2.40. The Morgan fingerprint density at radius 3 is 2.65 bits per heavy atom. The van der Waals surface area contributed by atoms with Crippen LogP contribution in [0, 0.1) is 11.6 Å². The Kier molecular flexibility index (Phi) is 3.84. The number of hydrogen-bond acceptors (Lipinski definition) is 3. The predicted octanol–water partition coefficient (Wildman–Crippen LogP) is 2.93. The zero-order valence-corrected chi connectivity index (χ0v) is 10.5. The Morgan fingerprint density at radius 1 is 1.25 bits per heavy atom. The van der Waals surface area contributed by atoms with Gasteiger partial charge in [0.15, 0.2) is 0 Å². The minimum atomic E-state index is -0.858. The SMILES string of the molecule is COc1cc(F)ccc1NC(=O)c1c(O)cccc1F. The summed E-state index contributed by atoms with van der Waals surface area (Å²) < 4.78 is 31.5. The van der Waals surface area contributed by atoms with E-state index in [1.165, 1.54) is 25.3 Å². The van der Waals surface area contributed by atoms with Gasteiger partial charge in [-0.1, -0.05) is 6.07 Å². The first-order valence-electron chi connectivity index (χ1n) is 5.65. The van der Waals surface area contributed by atoms with Crippen molar-refractivity contribution in [1.82, 2.24) is 0 Å².